The molecule has 2 saturated heterocycles. The van der Waals surface area contributed by atoms with Gasteiger partial charge in [0.25, 0.3) is 0 Å². The number of anilines is 1. The summed E-state index contributed by atoms with van der Waals surface area (Å²) in [5.41, 5.74) is 0.882. The number of carbonyl (C=O) groups is 2. The number of likely N-dealkylation sites (tertiary alicyclic amines) is 1. The molecule has 2 aliphatic rings. The molecule has 2 aromatic heterocycles. The topological polar surface area (TPSA) is 99.5 Å². The summed E-state index contributed by atoms with van der Waals surface area (Å²) < 4.78 is 31.7. The molecule has 2 aliphatic heterocycles. The molecule has 4 rings (SSSR count). The molecule has 2 aromatic rings. The Balaban J connectivity index is 0.000000298. The molecule has 0 aliphatic carbocycles. The van der Waals surface area contributed by atoms with Crippen LogP contribution in [0.15, 0.2) is 30.3 Å². The average Bonchev–Trinajstić information content (AvgIpc) is 3.38. The molecule has 2 fully saturated rings. The Bertz CT molecular complexity index is 850. The number of aliphatic carboxylic acids is 1. The molecule has 8 nitrogen and oxygen atoms in total. The molecule has 1 N–H and O–H groups in total. The van der Waals surface area contributed by atoms with Crippen LogP contribution in [0.2, 0.25) is 0 Å². The van der Waals surface area contributed by atoms with E-state index in [-0.39, 0.29) is 11.3 Å². The molecule has 0 bridgehead atoms. The van der Waals surface area contributed by atoms with Crippen LogP contribution < -0.4 is 4.90 Å². The lowest BCUT2D eigenvalue weighted by molar-refractivity contribution is -0.192. The number of halogens is 3. The maximum atomic E-state index is 12.4. The molecule has 156 valence electrons. The van der Waals surface area contributed by atoms with Gasteiger partial charge in [0.1, 0.15) is 11.3 Å². The van der Waals surface area contributed by atoms with Crippen molar-refractivity contribution in [2.45, 2.75) is 25.6 Å². The van der Waals surface area contributed by atoms with Crippen LogP contribution in [0.5, 0.6) is 0 Å². The molecule has 1 spiro atoms. The average molecular weight is 429 g/mol. The fraction of sp³-hybridized carbons (Fsp3) is 0.471. The minimum Gasteiger partial charge on any atom is -0.475 e. The number of carboxylic acids is 1. The summed E-state index contributed by atoms with van der Waals surface area (Å²) in [6, 6.07) is 0. The second kappa shape index (κ2) is 8.41. The highest BCUT2D eigenvalue weighted by molar-refractivity contribution is 7.09. The van der Waals surface area contributed by atoms with Crippen molar-refractivity contribution in [2.75, 3.05) is 24.5 Å². The van der Waals surface area contributed by atoms with Gasteiger partial charge in [0.15, 0.2) is 0 Å². The zero-order valence-corrected chi connectivity index (χ0v) is 16.0. The van der Waals surface area contributed by atoms with E-state index in [1.165, 1.54) is 6.33 Å². The Morgan fingerprint density at radius 1 is 1.28 bits per heavy atom. The number of rotatable bonds is 3. The standard InChI is InChI=1S/C15H17N5OS.C2HF3O2/c21-14-5-15(10-20(14)12-6-16-11-17-7-12)1-3-19(9-15)8-13-18-2-4-22-13;3-2(4,5)1(6)7/h2,4,6-7,11H,1,3,5,8-10H2;(H,6,7). The third-order valence-corrected chi connectivity index (χ3v) is 5.55. The van der Waals surface area contributed by atoms with E-state index in [4.69, 9.17) is 9.90 Å². The molecular weight excluding hydrogens is 411 g/mol. The minimum absolute atomic E-state index is 0.0736. The van der Waals surface area contributed by atoms with Crippen molar-refractivity contribution in [1.29, 1.82) is 0 Å². The van der Waals surface area contributed by atoms with E-state index >= 15 is 0 Å². The Hall–Kier alpha value is -2.60. The van der Waals surface area contributed by atoms with Crippen LogP contribution in [-0.2, 0) is 16.1 Å². The van der Waals surface area contributed by atoms with Gasteiger partial charge in [-0.1, -0.05) is 0 Å². The van der Waals surface area contributed by atoms with Gasteiger partial charge in [0.05, 0.1) is 24.6 Å². The number of hydrogen-bond acceptors (Lipinski definition) is 7. The van der Waals surface area contributed by atoms with E-state index in [2.05, 4.69) is 19.9 Å². The lowest BCUT2D eigenvalue weighted by atomic mass is 9.86. The molecule has 0 saturated carbocycles. The van der Waals surface area contributed by atoms with Crippen LogP contribution in [0, 0.1) is 5.41 Å². The summed E-state index contributed by atoms with van der Waals surface area (Å²) in [5.74, 6) is -2.57. The first kappa shape index (κ1) is 21.1. The first-order chi connectivity index (χ1) is 13.7. The Kier molecular flexibility index (Phi) is 6.13. The Labute approximate surface area is 168 Å². The maximum Gasteiger partial charge on any atom is 0.490 e. The summed E-state index contributed by atoms with van der Waals surface area (Å²) >= 11 is 1.69. The first-order valence-electron chi connectivity index (χ1n) is 8.65. The number of aromatic nitrogens is 3. The van der Waals surface area contributed by atoms with Gasteiger partial charge in [-0.15, -0.1) is 11.3 Å². The van der Waals surface area contributed by atoms with Crippen molar-refractivity contribution in [3.05, 3.63) is 35.3 Å². The summed E-state index contributed by atoms with van der Waals surface area (Å²) in [6.07, 6.45) is 3.37. The number of carboxylic acid groups (broad SMARTS) is 1. The van der Waals surface area contributed by atoms with Crippen LogP contribution in [0.4, 0.5) is 18.9 Å². The van der Waals surface area contributed by atoms with E-state index in [1.54, 1.807) is 23.7 Å². The molecule has 0 aromatic carbocycles. The number of thiazole rings is 1. The highest BCUT2D eigenvalue weighted by Gasteiger charge is 2.47. The quantitative estimate of drug-likeness (QED) is 0.799. The molecule has 12 heteroatoms. The number of alkyl halides is 3. The normalized spacial score (nSPS) is 22.0. The van der Waals surface area contributed by atoms with Crippen LogP contribution in [0.1, 0.15) is 17.8 Å². The highest BCUT2D eigenvalue weighted by atomic mass is 32.1. The SMILES string of the molecule is O=C(O)C(F)(F)F.O=C1CC2(CCN(Cc3nccs3)C2)CN1c1cncnc1. The van der Waals surface area contributed by atoms with E-state index in [1.807, 2.05) is 16.5 Å². The van der Waals surface area contributed by atoms with Gasteiger partial charge in [-0.05, 0) is 13.0 Å². The zero-order chi connectivity index (χ0) is 21.1. The fourth-order valence-corrected chi connectivity index (χ4v) is 4.18. The van der Waals surface area contributed by atoms with Crippen molar-refractivity contribution in [3.8, 4) is 0 Å². The largest absolute Gasteiger partial charge is 0.490 e. The van der Waals surface area contributed by atoms with E-state index in [0.717, 1.165) is 43.3 Å². The number of hydrogen-bond donors (Lipinski definition) is 1. The summed E-state index contributed by atoms with van der Waals surface area (Å²) in [6.45, 7) is 3.66. The van der Waals surface area contributed by atoms with Crippen molar-refractivity contribution in [3.63, 3.8) is 0 Å². The minimum atomic E-state index is -5.08. The van der Waals surface area contributed by atoms with Gasteiger partial charge in [0.2, 0.25) is 5.91 Å². The van der Waals surface area contributed by atoms with E-state index in [0.29, 0.717) is 6.42 Å². The van der Waals surface area contributed by atoms with Crippen LogP contribution in [0.25, 0.3) is 0 Å². The molecule has 0 radical (unpaired) electrons. The first-order valence-corrected chi connectivity index (χ1v) is 9.53. The molecule has 1 unspecified atom stereocenters. The van der Waals surface area contributed by atoms with Gasteiger partial charge in [-0.3, -0.25) is 9.69 Å². The van der Waals surface area contributed by atoms with E-state index in [9.17, 15) is 18.0 Å². The molecule has 1 atom stereocenters. The molecule has 4 heterocycles. The van der Waals surface area contributed by atoms with Crippen molar-refractivity contribution >= 4 is 28.9 Å². The number of carbonyl (C=O) groups excluding carboxylic acids is 1. The summed E-state index contributed by atoms with van der Waals surface area (Å²) in [7, 11) is 0. The summed E-state index contributed by atoms with van der Waals surface area (Å²) in [5, 5.41) is 10.3. The monoisotopic (exact) mass is 429 g/mol. The molecule has 29 heavy (non-hydrogen) atoms. The Morgan fingerprint density at radius 3 is 2.55 bits per heavy atom. The maximum absolute atomic E-state index is 12.4. The lowest BCUT2D eigenvalue weighted by Crippen LogP contribution is -2.31. The lowest BCUT2D eigenvalue weighted by Gasteiger charge is -2.23. The second-order valence-electron chi connectivity index (χ2n) is 6.94. The van der Waals surface area contributed by atoms with Crippen molar-refractivity contribution in [1.82, 2.24) is 19.9 Å². The van der Waals surface area contributed by atoms with E-state index < -0.39 is 12.1 Å². The third kappa shape index (κ3) is 5.26. The smallest absolute Gasteiger partial charge is 0.475 e. The van der Waals surface area contributed by atoms with Crippen LogP contribution in [0.3, 0.4) is 0 Å². The fourth-order valence-electron chi connectivity index (χ4n) is 3.52. The second-order valence-corrected chi connectivity index (χ2v) is 7.92. The zero-order valence-electron chi connectivity index (χ0n) is 15.2. The summed E-state index contributed by atoms with van der Waals surface area (Å²) in [4.78, 5) is 37.9. The van der Waals surface area contributed by atoms with Crippen molar-refractivity contribution in [2.24, 2.45) is 5.41 Å². The molecule has 1 amide bonds. The van der Waals surface area contributed by atoms with Gasteiger partial charge < -0.3 is 10.0 Å². The van der Waals surface area contributed by atoms with Gasteiger partial charge in [-0.2, -0.15) is 13.2 Å². The van der Waals surface area contributed by atoms with Gasteiger partial charge in [0, 0.05) is 36.5 Å². The predicted octanol–water partition coefficient (Wildman–Crippen LogP) is 2.20. The van der Waals surface area contributed by atoms with Crippen LogP contribution in [-0.4, -0.2) is 62.6 Å². The highest BCUT2D eigenvalue weighted by Crippen LogP contribution is 2.41. The number of nitrogens with zero attached hydrogens (tertiary/aromatic N) is 5. The number of amides is 1. The van der Waals surface area contributed by atoms with Gasteiger partial charge >= 0.3 is 12.1 Å². The molecular formula is C17H18F3N5O3S. The predicted molar refractivity (Wildman–Crippen MR) is 97.1 cm³/mol. The van der Waals surface area contributed by atoms with Crippen LogP contribution >= 0.6 is 11.3 Å². The third-order valence-electron chi connectivity index (χ3n) is 4.78. The Morgan fingerprint density at radius 2 is 1.97 bits per heavy atom. The van der Waals surface area contributed by atoms with Gasteiger partial charge in [-0.25, -0.2) is 19.7 Å². The van der Waals surface area contributed by atoms with Crippen molar-refractivity contribution < 1.29 is 27.9 Å².